The maximum absolute atomic E-state index is 14.7. The lowest BCUT2D eigenvalue weighted by atomic mass is 9.39. The summed E-state index contributed by atoms with van der Waals surface area (Å²) >= 11 is 0. The van der Waals surface area contributed by atoms with E-state index in [4.69, 9.17) is 0 Å². The minimum atomic E-state index is -0.623. The van der Waals surface area contributed by atoms with Gasteiger partial charge in [-0.15, -0.1) is 0 Å². The van der Waals surface area contributed by atoms with E-state index >= 15 is 0 Å². The van der Waals surface area contributed by atoms with Crippen molar-refractivity contribution in [2.45, 2.75) is 57.8 Å². The second-order valence-corrected chi connectivity index (χ2v) is 8.99. The van der Waals surface area contributed by atoms with E-state index in [1.54, 1.807) is 0 Å². The summed E-state index contributed by atoms with van der Waals surface area (Å²) < 4.78 is 14.7. The number of hydrogen-bond acceptors (Lipinski definition) is 3. The van der Waals surface area contributed by atoms with Crippen molar-refractivity contribution in [1.29, 1.82) is 0 Å². The van der Waals surface area contributed by atoms with E-state index in [1.165, 1.54) is 25.3 Å². The first-order chi connectivity index (χ1) is 10.6. The van der Waals surface area contributed by atoms with E-state index in [9.17, 15) is 19.6 Å². The molecule has 1 aromatic rings. The Kier molecular flexibility index (Phi) is 2.75. The van der Waals surface area contributed by atoms with Crippen LogP contribution in [-0.2, 0) is 5.41 Å². The molecule has 0 radical (unpaired) electrons. The molecule has 0 amide bonds. The third-order valence-electron chi connectivity index (χ3n) is 6.46. The predicted molar refractivity (Wildman–Crippen MR) is 83.8 cm³/mol. The summed E-state index contributed by atoms with van der Waals surface area (Å²) in [7, 11) is 0. The molecule has 0 saturated heterocycles. The Balaban J connectivity index is 1.87. The maximum atomic E-state index is 14.7. The Hall–Kier alpha value is -1.65. The van der Waals surface area contributed by atoms with Gasteiger partial charge >= 0.3 is 5.69 Å². The zero-order chi connectivity index (χ0) is 16.6. The fraction of sp³-hybridized carbons (Fsp3) is 0.667. The van der Waals surface area contributed by atoms with Gasteiger partial charge in [0, 0.05) is 17.7 Å². The zero-order valence-electron chi connectivity index (χ0n) is 13.6. The molecular formula is C18H22FNO3. The molecule has 0 aromatic heterocycles. The van der Waals surface area contributed by atoms with Gasteiger partial charge in [0.2, 0.25) is 0 Å². The molecule has 124 valence electrons. The molecule has 4 fully saturated rings. The Morgan fingerprint density at radius 1 is 1.17 bits per heavy atom. The predicted octanol–water partition coefficient (Wildman–Crippen LogP) is 4.69. The Morgan fingerprint density at radius 3 is 2.30 bits per heavy atom. The van der Waals surface area contributed by atoms with Crippen LogP contribution in [0.25, 0.3) is 0 Å². The van der Waals surface area contributed by atoms with E-state index < -0.39 is 16.5 Å². The van der Waals surface area contributed by atoms with Crippen molar-refractivity contribution >= 4 is 5.69 Å². The average Bonchev–Trinajstić information content (AvgIpc) is 2.32. The summed E-state index contributed by atoms with van der Waals surface area (Å²) in [5.41, 5.74) is 0.155. The molecule has 5 rings (SSSR count). The molecule has 4 nitrogen and oxygen atoms in total. The van der Waals surface area contributed by atoms with Gasteiger partial charge in [-0.2, -0.15) is 0 Å². The van der Waals surface area contributed by atoms with Crippen LogP contribution in [0.3, 0.4) is 0 Å². The highest BCUT2D eigenvalue weighted by atomic mass is 19.1. The van der Waals surface area contributed by atoms with Crippen molar-refractivity contribution in [3.8, 4) is 5.75 Å². The fourth-order valence-electron chi connectivity index (χ4n) is 6.85. The van der Waals surface area contributed by atoms with E-state index in [-0.39, 0.29) is 21.9 Å². The lowest BCUT2D eigenvalue weighted by molar-refractivity contribution is -0.386. The molecule has 0 spiro atoms. The van der Waals surface area contributed by atoms with E-state index in [1.807, 2.05) is 0 Å². The fourth-order valence-corrected chi connectivity index (χ4v) is 6.85. The van der Waals surface area contributed by atoms with Crippen LogP contribution in [0, 0.1) is 32.7 Å². The van der Waals surface area contributed by atoms with Gasteiger partial charge in [-0.25, -0.2) is 4.39 Å². The summed E-state index contributed by atoms with van der Waals surface area (Å²) in [6.07, 6.45) is 6.24. The van der Waals surface area contributed by atoms with Gasteiger partial charge in [-0.1, -0.05) is 13.8 Å². The first-order valence-corrected chi connectivity index (χ1v) is 8.31. The molecule has 2 unspecified atom stereocenters. The van der Waals surface area contributed by atoms with Gasteiger partial charge in [0.1, 0.15) is 5.82 Å². The summed E-state index contributed by atoms with van der Waals surface area (Å²) in [6.45, 7) is 4.58. The highest BCUT2D eigenvalue weighted by molar-refractivity contribution is 5.51. The van der Waals surface area contributed by atoms with Gasteiger partial charge in [0.05, 0.1) is 4.92 Å². The van der Waals surface area contributed by atoms with Crippen molar-refractivity contribution in [3.05, 3.63) is 33.6 Å². The van der Waals surface area contributed by atoms with Gasteiger partial charge in [-0.3, -0.25) is 10.1 Å². The van der Waals surface area contributed by atoms with Crippen molar-refractivity contribution < 1.29 is 14.4 Å². The smallest absolute Gasteiger partial charge is 0.311 e. The van der Waals surface area contributed by atoms with E-state index in [2.05, 4.69) is 13.8 Å². The molecule has 0 heterocycles. The van der Waals surface area contributed by atoms with Crippen molar-refractivity contribution in [2.24, 2.45) is 16.7 Å². The van der Waals surface area contributed by atoms with E-state index in [0.717, 1.165) is 25.3 Å². The zero-order valence-corrected chi connectivity index (χ0v) is 13.6. The second kappa shape index (κ2) is 4.25. The Morgan fingerprint density at radius 2 is 1.78 bits per heavy atom. The van der Waals surface area contributed by atoms with Crippen LogP contribution >= 0.6 is 0 Å². The van der Waals surface area contributed by atoms with Gasteiger partial charge in [0.15, 0.2) is 5.75 Å². The third kappa shape index (κ3) is 2.08. The topological polar surface area (TPSA) is 63.4 Å². The number of phenols is 1. The molecule has 4 bridgehead atoms. The summed E-state index contributed by atoms with van der Waals surface area (Å²) in [5.74, 6) is -0.505. The number of phenolic OH excluding ortho intramolecular Hbond substituents is 1. The first-order valence-electron chi connectivity index (χ1n) is 8.31. The number of hydrogen-bond donors (Lipinski definition) is 1. The van der Waals surface area contributed by atoms with Crippen LogP contribution < -0.4 is 0 Å². The SMILES string of the molecule is CC12CC3CC(C)(C1)CC(c1cc([N+](=O)[O-])c(O)cc1F)(C3)C2. The first kappa shape index (κ1) is 14.9. The minimum Gasteiger partial charge on any atom is -0.502 e. The Bertz CT molecular complexity index is 698. The van der Waals surface area contributed by atoms with Crippen LogP contribution in [0.1, 0.15) is 57.9 Å². The molecule has 2 atom stereocenters. The number of nitrogens with zero attached hydrogens (tertiary/aromatic N) is 1. The molecule has 1 N–H and O–H groups in total. The van der Waals surface area contributed by atoms with Crippen LogP contribution in [0.15, 0.2) is 12.1 Å². The van der Waals surface area contributed by atoms with Crippen LogP contribution in [0.2, 0.25) is 0 Å². The summed E-state index contributed by atoms with van der Waals surface area (Å²) in [6, 6.07) is 2.22. The number of benzene rings is 1. The van der Waals surface area contributed by atoms with Crippen molar-refractivity contribution in [1.82, 2.24) is 0 Å². The molecule has 4 aliphatic rings. The number of aromatic hydroxyl groups is 1. The van der Waals surface area contributed by atoms with Crippen molar-refractivity contribution in [2.75, 3.05) is 0 Å². The second-order valence-electron chi connectivity index (χ2n) is 8.99. The van der Waals surface area contributed by atoms with Crippen molar-refractivity contribution in [3.63, 3.8) is 0 Å². The number of nitro benzene ring substituents is 1. The van der Waals surface area contributed by atoms with Crippen LogP contribution in [-0.4, -0.2) is 10.0 Å². The minimum absolute atomic E-state index is 0.202. The average molecular weight is 319 g/mol. The quantitative estimate of drug-likeness (QED) is 0.635. The van der Waals surface area contributed by atoms with Gasteiger partial charge in [0.25, 0.3) is 0 Å². The molecule has 0 aliphatic heterocycles. The van der Waals surface area contributed by atoms with Crippen LogP contribution in [0.5, 0.6) is 5.75 Å². The summed E-state index contributed by atoms with van der Waals surface area (Å²) in [4.78, 5) is 10.5. The van der Waals surface area contributed by atoms with Crippen LogP contribution in [0.4, 0.5) is 10.1 Å². The lowest BCUT2D eigenvalue weighted by Gasteiger charge is -2.65. The maximum Gasteiger partial charge on any atom is 0.311 e. The van der Waals surface area contributed by atoms with Gasteiger partial charge in [-0.05, 0) is 60.7 Å². The highest BCUT2D eigenvalue weighted by Gasteiger charge is 2.61. The molecular weight excluding hydrogens is 297 g/mol. The highest BCUT2D eigenvalue weighted by Crippen LogP contribution is 2.70. The molecule has 5 heteroatoms. The molecule has 1 aromatic carbocycles. The number of halogens is 1. The standard InChI is InChI=1S/C18H22FNO3/c1-16-5-11-6-17(2,8-16)10-18(7-11,9-16)12-3-14(20(22)23)15(21)4-13(12)19/h3-4,11,21H,5-10H2,1-2H3. The molecule has 4 saturated carbocycles. The third-order valence-corrected chi connectivity index (χ3v) is 6.46. The lowest BCUT2D eigenvalue weighted by Crippen LogP contribution is -2.57. The number of nitro groups is 1. The molecule has 23 heavy (non-hydrogen) atoms. The summed E-state index contributed by atoms with van der Waals surface area (Å²) in [5, 5.41) is 20.8. The largest absolute Gasteiger partial charge is 0.502 e. The normalized spacial score (nSPS) is 41.3. The van der Waals surface area contributed by atoms with Gasteiger partial charge < -0.3 is 5.11 Å². The molecule has 4 aliphatic carbocycles. The number of rotatable bonds is 2. The Labute approximate surface area is 134 Å². The monoisotopic (exact) mass is 319 g/mol. The van der Waals surface area contributed by atoms with E-state index in [0.29, 0.717) is 11.5 Å².